The molecule has 0 amide bonds. The molecule has 36 heavy (non-hydrogen) atoms. The maximum atomic E-state index is 13.1. The molecule has 0 aliphatic carbocycles. The third kappa shape index (κ3) is 9.21. The Balaban J connectivity index is 2.23. The number of ether oxygens (including phenoxy) is 3. The van der Waals surface area contributed by atoms with Crippen molar-refractivity contribution in [3.05, 3.63) is 51.9 Å². The zero-order chi connectivity index (χ0) is 26.5. The van der Waals surface area contributed by atoms with E-state index in [0.717, 1.165) is 25.7 Å². The summed E-state index contributed by atoms with van der Waals surface area (Å²) in [5, 5.41) is 0.691. The van der Waals surface area contributed by atoms with E-state index in [9.17, 15) is 9.59 Å². The van der Waals surface area contributed by atoms with E-state index in [0.29, 0.717) is 23.3 Å². The van der Waals surface area contributed by atoms with Gasteiger partial charge in [-0.25, -0.2) is 0 Å². The zero-order valence-corrected chi connectivity index (χ0v) is 22.9. The molecule has 0 saturated heterocycles. The topological polar surface area (TPSA) is 66.8 Å². The fourth-order valence-electron chi connectivity index (χ4n) is 3.96. The monoisotopic (exact) mass is 497 g/mol. The first kappa shape index (κ1) is 29.2. The second-order valence-corrected chi connectivity index (χ2v) is 9.59. The maximum Gasteiger partial charge on any atom is 0.308 e. The fourth-order valence-corrected chi connectivity index (χ4v) is 3.96. The van der Waals surface area contributed by atoms with Crippen LogP contribution in [0.25, 0.3) is 10.9 Å². The number of esters is 1. The summed E-state index contributed by atoms with van der Waals surface area (Å²) in [5.74, 6) is 0.323. The Morgan fingerprint density at radius 2 is 1.67 bits per heavy atom. The van der Waals surface area contributed by atoms with Gasteiger partial charge in [-0.3, -0.25) is 9.59 Å². The van der Waals surface area contributed by atoms with Crippen molar-refractivity contribution in [1.82, 2.24) is 4.57 Å². The normalized spacial score (nSPS) is 11.4. The maximum absolute atomic E-state index is 13.1. The van der Waals surface area contributed by atoms with Gasteiger partial charge in [0.1, 0.15) is 12.4 Å². The smallest absolute Gasteiger partial charge is 0.308 e. The van der Waals surface area contributed by atoms with E-state index in [4.69, 9.17) is 14.2 Å². The van der Waals surface area contributed by atoms with Crippen molar-refractivity contribution in [2.24, 2.45) is 7.05 Å². The summed E-state index contributed by atoms with van der Waals surface area (Å²) in [6.07, 6.45) is 13.3. The minimum atomic E-state index is -0.566. The van der Waals surface area contributed by atoms with Crippen LogP contribution in [0, 0.1) is 0 Å². The van der Waals surface area contributed by atoms with Crippen molar-refractivity contribution in [3.8, 4) is 17.2 Å². The Bertz CT molecular complexity index is 1120. The molecule has 0 aliphatic heterocycles. The number of aromatic nitrogens is 1. The van der Waals surface area contributed by atoms with Crippen LogP contribution in [-0.4, -0.2) is 23.8 Å². The van der Waals surface area contributed by atoms with Crippen LogP contribution in [0.4, 0.5) is 0 Å². The van der Waals surface area contributed by atoms with Gasteiger partial charge in [-0.2, -0.15) is 0 Å². The van der Waals surface area contributed by atoms with Crippen molar-refractivity contribution in [1.29, 1.82) is 0 Å². The van der Waals surface area contributed by atoms with Gasteiger partial charge in [0.25, 0.3) is 5.56 Å². The van der Waals surface area contributed by atoms with Crippen molar-refractivity contribution < 1.29 is 19.0 Å². The zero-order valence-electron chi connectivity index (χ0n) is 22.9. The number of rotatable bonds is 15. The summed E-state index contributed by atoms with van der Waals surface area (Å²) in [6, 6.07) is 5.58. The van der Waals surface area contributed by atoms with Crippen molar-refractivity contribution in [2.45, 2.75) is 86.0 Å². The first-order valence-electron chi connectivity index (χ1n) is 13.1. The minimum absolute atomic E-state index is 0.0890. The third-order valence-corrected chi connectivity index (χ3v) is 6.04. The van der Waals surface area contributed by atoms with Gasteiger partial charge in [-0.1, -0.05) is 56.3 Å². The van der Waals surface area contributed by atoms with Gasteiger partial charge >= 0.3 is 5.97 Å². The fraction of sp³-hybridized carbons (Fsp3) is 0.533. The molecule has 0 aliphatic rings. The summed E-state index contributed by atoms with van der Waals surface area (Å²) in [7, 11) is 1.66. The number of carbonyl (C=O) groups is 1. The summed E-state index contributed by atoms with van der Waals surface area (Å²) < 4.78 is 18.8. The van der Waals surface area contributed by atoms with Crippen LogP contribution >= 0.6 is 0 Å². The number of allylic oxidation sites excluding steroid dienone is 3. The molecule has 0 radical (unpaired) electrons. The molecule has 1 heterocycles. The van der Waals surface area contributed by atoms with Gasteiger partial charge in [0.2, 0.25) is 5.75 Å². The molecule has 6 nitrogen and oxygen atoms in total. The third-order valence-electron chi connectivity index (χ3n) is 6.04. The predicted molar refractivity (Wildman–Crippen MR) is 147 cm³/mol. The molecule has 6 heteroatoms. The first-order valence-corrected chi connectivity index (χ1v) is 13.1. The van der Waals surface area contributed by atoms with E-state index >= 15 is 0 Å². The molecule has 1 aromatic carbocycles. The van der Waals surface area contributed by atoms with Crippen molar-refractivity contribution in [2.75, 3.05) is 13.2 Å². The molecule has 0 unspecified atom stereocenters. The molecule has 1 aromatic heterocycles. The molecule has 0 bridgehead atoms. The van der Waals surface area contributed by atoms with Crippen LogP contribution < -0.4 is 19.8 Å². The van der Waals surface area contributed by atoms with Gasteiger partial charge in [-0.15, -0.1) is 0 Å². The van der Waals surface area contributed by atoms with E-state index < -0.39 is 11.5 Å². The Morgan fingerprint density at radius 1 is 0.944 bits per heavy atom. The lowest BCUT2D eigenvalue weighted by atomic mass is 10.1. The average Bonchev–Trinajstić information content (AvgIpc) is 2.83. The lowest BCUT2D eigenvalue weighted by Crippen LogP contribution is -2.22. The number of hydrogen-bond acceptors (Lipinski definition) is 5. The number of nitrogens with zero attached hydrogens (tertiary/aromatic N) is 1. The van der Waals surface area contributed by atoms with Crippen LogP contribution in [0.1, 0.15) is 86.0 Å². The quantitative estimate of drug-likeness (QED) is 0.147. The molecular formula is C30H43NO5. The Hall–Kier alpha value is -3.02. The predicted octanol–water partition coefficient (Wildman–Crippen LogP) is 7.27. The highest BCUT2D eigenvalue weighted by atomic mass is 16.6. The second kappa shape index (κ2) is 15.2. The highest BCUT2D eigenvalue weighted by molar-refractivity contribution is 5.90. The summed E-state index contributed by atoms with van der Waals surface area (Å²) in [6.45, 7) is 10.6. The van der Waals surface area contributed by atoms with Crippen LogP contribution in [0.2, 0.25) is 0 Å². The first-order chi connectivity index (χ1) is 17.2. The van der Waals surface area contributed by atoms with Gasteiger partial charge in [0.15, 0.2) is 5.75 Å². The molecule has 2 aromatic rings. The summed E-state index contributed by atoms with van der Waals surface area (Å²) in [4.78, 5) is 24.8. The van der Waals surface area contributed by atoms with Gasteiger partial charge in [0, 0.05) is 25.4 Å². The second-order valence-electron chi connectivity index (χ2n) is 9.59. The number of hydrogen-bond donors (Lipinski definition) is 0. The SMILES string of the molecule is CCCCCCCCOc1ccc2c(OC/C=C(\C)CCC=C(C)C)c(OC(C)=O)c(=O)n(C)c2c1. The van der Waals surface area contributed by atoms with Gasteiger partial charge in [-0.05, 0) is 58.2 Å². The largest absolute Gasteiger partial charge is 0.494 e. The highest BCUT2D eigenvalue weighted by Gasteiger charge is 2.20. The number of carbonyl (C=O) groups excluding carboxylic acids is 1. The standard InChI is InChI=1S/C30H43NO5/c1-7-8-9-10-11-12-19-34-25-16-17-26-27(21-25)31(6)30(33)29(36-24(5)32)28(26)35-20-18-23(4)15-13-14-22(2)3/h14,16-18,21H,7-13,15,19-20H2,1-6H3/b23-18+. The highest BCUT2D eigenvalue weighted by Crippen LogP contribution is 2.34. The molecule has 0 atom stereocenters. The lowest BCUT2D eigenvalue weighted by molar-refractivity contribution is -0.132. The number of benzene rings is 1. The number of pyridine rings is 1. The Kier molecular flexibility index (Phi) is 12.3. The average molecular weight is 498 g/mol. The summed E-state index contributed by atoms with van der Waals surface area (Å²) >= 11 is 0. The van der Waals surface area contributed by atoms with E-state index in [-0.39, 0.29) is 18.1 Å². The van der Waals surface area contributed by atoms with Crippen molar-refractivity contribution >= 4 is 16.9 Å². The van der Waals surface area contributed by atoms with Crippen LogP contribution in [-0.2, 0) is 11.8 Å². The van der Waals surface area contributed by atoms with E-state index in [1.807, 2.05) is 24.3 Å². The number of fused-ring (bicyclic) bond motifs is 1. The van der Waals surface area contributed by atoms with Gasteiger partial charge in [0.05, 0.1) is 12.1 Å². The molecule has 0 spiro atoms. The van der Waals surface area contributed by atoms with Crippen LogP contribution in [0.3, 0.4) is 0 Å². The number of unbranched alkanes of at least 4 members (excludes halogenated alkanes) is 5. The molecule has 0 N–H and O–H groups in total. The number of aryl methyl sites for hydroxylation is 1. The molecular weight excluding hydrogens is 454 g/mol. The lowest BCUT2D eigenvalue weighted by Gasteiger charge is -2.16. The summed E-state index contributed by atoms with van der Waals surface area (Å²) in [5.41, 5.74) is 2.73. The Morgan fingerprint density at radius 3 is 2.36 bits per heavy atom. The van der Waals surface area contributed by atoms with Crippen LogP contribution in [0.5, 0.6) is 17.2 Å². The molecule has 0 fully saturated rings. The minimum Gasteiger partial charge on any atom is -0.494 e. The molecule has 2 rings (SSSR count). The Labute approximate surface area is 215 Å². The van der Waals surface area contributed by atoms with Gasteiger partial charge < -0.3 is 18.8 Å². The molecule has 198 valence electrons. The van der Waals surface area contributed by atoms with E-state index in [1.54, 1.807) is 7.05 Å². The molecule has 0 saturated carbocycles. The van der Waals surface area contributed by atoms with Crippen molar-refractivity contribution in [3.63, 3.8) is 0 Å². The van der Waals surface area contributed by atoms with E-state index in [2.05, 4.69) is 33.8 Å². The van der Waals surface area contributed by atoms with E-state index in [1.165, 1.54) is 48.3 Å². The van der Waals surface area contributed by atoms with Crippen LogP contribution in [0.15, 0.2) is 46.3 Å².